The maximum Gasteiger partial charge on any atom is 0.318 e. The molecule has 1 aromatic rings. The Labute approximate surface area is 105 Å². The van der Waals surface area contributed by atoms with Crippen LogP contribution in [0, 0.1) is 0 Å². The van der Waals surface area contributed by atoms with Crippen LogP contribution in [0.3, 0.4) is 0 Å². The Morgan fingerprint density at radius 1 is 1.53 bits per heavy atom. The van der Waals surface area contributed by atoms with E-state index < -0.39 is 0 Å². The second-order valence-electron chi connectivity index (χ2n) is 3.53. The Morgan fingerprint density at radius 2 is 2.29 bits per heavy atom. The lowest BCUT2D eigenvalue weighted by molar-refractivity contribution is 0.192. The van der Waals surface area contributed by atoms with Crippen LogP contribution in [0.1, 0.15) is 6.92 Å². The normalized spacial score (nSPS) is 12.2. The van der Waals surface area contributed by atoms with Gasteiger partial charge in [0, 0.05) is 19.6 Å². The smallest absolute Gasteiger partial charge is 0.318 e. The Kier molecular flexibility index (Phi) is 5.96. The van der Waals surface area contributed by atoms with Crippen molar-refractivity contribution in [1.82, 2.24) is 15.3 Å². The minimum absolute atomic E-state index is 0.272. The molecule has 6 nitrogen and oxygen atoms in total. The van der Waals surface area contributed by atoms with Gasteiger partial charge in [-0.1, -0.05) is 11.6 Å². The molecule has 3 N–H and O–H groups in total. The highest BCUT2D eigenvalue weighted by Gasteiger charge is 2.04. The topological polar surface area (TPSA) is 79.3 Å². The number of aromatic nitrogens is 2. The zero-order chi connectivity index (χ0) is 12.7. The van der Waals surface area contributed by atoms with Crippen molar-refractivity contribution >= 4 is 17.4 Å². The van der Waals surface area contributed by atoms with E-state index in [0.29, 0.717) is 30.5 Å². The molecule has 17 heavy (non-hydrogen) atoms. The molecular weight excluding hydrogens is 244 g/mol. The molecule has 1 heterocycles. The van der Waals surface area contributed by atoms with E-state index in [1.165, 1.54) is 13.3 Å². The molecule has 0 amide bonds. The summed E-state index contributed by atoms with van der Waals surface area (Å²) in [6.45, 7) is 3.63. The van der Waals surface area contributed by atoms with Crippen molar-refractivity contribution in [2.24, 2.45) is 0 Å². The first-order valence-corrected chi connectivity index (χ1v) is 5.70. The monoisotopic (exact) mass is 260 g/mol. The number of hydrogen-bond donors (Lipinski definition) is 3. The van der Waals surface area contributed by atoms with Crippen LogP contribution >= 0.6 is 11.6 Å². The first kappa shape index (κ1) is 14.0. The molecule has 0 spiro atoms. The quantitative estimate of drug-likeness (QED) is 0.621. The number of nitrogens with one attached hydrogen (secondary N) is 2. The van der Waals surface area contributed by atoms with Crippen LogP contribution in [0.4, 0.5) is 5.82 Å². The number of halogens is 1. The van der Waals surface area contributed by atoms with Gasteiger partial charge in [0.2, 0.25) is 0 Å². The van der Waals surface area contributed by atoms with Crippen molar-refractivity contribution in [2.45, 2.75) is 13.0 Å². The number of aliphatic hydroxyl groups excluding tert-OH is 1. The lowest BCUT2D eigenvalue weighted by atomic mass is 10.4. The molecule has 0 aliphatic rings. The van der Waals surface area contributed by atoms with Crippen molar-refractivity contribution in [3.63, 3.8) is 0 Å². The second kappa shape index (κ2) is 7.26. The highest BCUT2D eigenvalue weighted by atomic mass is 35.5. The van der Waals surface area contributed by atoms with E-state index in [1.807, 2.05) is 0 Å². The van der Waals surface area contributed by atoms with Crippen molar-refractivity contribution < 1.29 is 9.84 Å². The predicted octanol–water partition coefficient (Wildman–Crippen LogP) is 0.521. The Hall–Kier alpha value is -1.11. The fraction of sp³-hybridized carbons (Fsp3) is 0.600. The van der Waals surface area contributed by atoms with E-state index in [0.717, 1.165) is 0 Å². The van der Waals surface area contributed by atoms with Crippen LogP contribution < -0.4 is 15.4 Å². The molecule has 0 saturated heterocycles. The van der Waals surface area contributed by atoms with Gasteiger partial charge in [0.15, 0.2) is 5.82 Å². The zero-order valence-electron chi connectivity index (χ0n) is 9.90. The molecule has 1 aromatic heterocycles. The van der Waals surface area contributed by atoms with Crippen LogP contribution in [0.2, 0.25) is 5.02 Å². The SMILES string of the molecule is COc1ncc(Cl)c(NCCNCC(C)O)n1. The number of methoxy groups -OCH3 is 1. The van der Waals surface area contributed by atoms with Crippen molar-refractivity contribution in [1.29, 1.82) is 0 Å². The highest BCUT2D eigenvalue weighted by molar-refractivity contribution is 6.32. The number of hydrogen-bond acceptors (Lipinski definition) is 6. The van der Waals surface area contributed by atoms with Crippen LogP contribution in [0.15, 0.2) is 6.20 Å². The molecule has 0 bridgehead atoms. The molecule has 0 aliphatic carbocycles. The molecular formula is C10H17ClN4O2. The van der Waals surface area contributed by atoms with E-state index in [2.05, 4.69) is 20.6 Å². The van der Waals surface area contributed by atoms with Crippen LogP contribution in [-0.2, 0) is 0 Å². The summed E-state index contributed by atoms with van der Waals surface area (Å²) in [5.74, 6) is 0.539. The second-order valence-corrected chi connectivity index (χ2v) is 3.94. The van der Waals surface area contributed by atoms with Gasteiger partial charge in [-0.05, 0) is 6.92 Å². The Balaban J connectivity index is 2.35. The van der Waals surface area contributed by atoms with E-state index in [9.17, 15) is 0 Å². The van der Waals surface area contributed by atoms with Gasteiger partial charge in [0.1, 0.15) is 5.02 Å². The predicted molar refractivity (Wildman–Crippen MR) is 66.6 cm³/mol. The molecule has 0 aliphatic heterocycles. The van der Waals surface area contributed by atoms with E-state index >= 15 is 0 Å². The summed E-state index contributed by atoms with van der Waals surface area (Å²) in [6, 6.07) is 0.272. The molecule has 0 aromatic carbocycles. The minimum Gasteiger partial charge on any atom is -0.467 e. The average Bonchev–Trinajstić information content (AvgIpc) is 2.30. The third-order valence-electron chi connectivity index (χ3n) is 1.94. The lowest BCUT2D eigenvalue weighted by Crippen LogP contribution is -2.29. The third kappa shape index (κ3) is 5.16. The first-order valence-electron chi connectivity index (χ1n) is 5.32. The van der Waals surface area contributed by atoms with E-state index in [-0.39, 0.29) is 12.1 Å². The largest absolute Gasteiger partial charge is 0.467 e. The fourth-order valence-corrected chi connectivity index (χ4v) is 1.31. The van der Waals surface area contributed by atoms with Gasteiger partial charge in [-0.2, -0.15) is 4.98 Å². The van der Waals surface area contributed by atoms with Gasteiger partial charge in [-0.25, -0.2) is 4.98 Å². The van der Waals surface area contributed by atoms with E-state index in [4.69, 9.17) is 21.4 Å². The van der Waals surface area contributed by atoms with Crippen molar-refractivity contribution in [3.8, 4) is 6.01 Å². The highest BCUT2D eigenvalue weighted by Crippen LogP contribution is 2.19. The third-order valence-corrected chi connectivity index (χ3v) is 2.22. The fourth-order valence-electron chi connectivity index (χ4n) is 1.15. The maximum atomic E-state index is 9.04. The van der Waals surface area contributed by atoms with Gasteiger partial charge < -0.3 is 20.5 Å². The van der Waals surface area contributed by atoms with E-state index in [1.54, 1.807) is 6.92 Å². The van der Waals surface area contributed by atoms with Gasteiger partial charge in [0.25, 0.3) is 0 Å². The molecule has 1 rings (SSSR count). The average molecular weight is 261 g/mol. The number of anilines is 1. The first-order chi connectivity index (χ1) is 8.13. The molecule has 1 unspecified atom stereocenters. The molecule has 1 atom stereocenters. The van der Waals surface area contributed by atoms with Gasteiger partial charge in [-0.15, -0.1) is 0 Å². The number of ether oxygens (including phenoxy) is 1. The van der Waals surface area contributed by atoms with Crippen LogP contribution in [0.5, 0.6) is 6.01 Å². The van der Waals surface area contributed by atoms with Crippen LogP contribution in [0.25, 0.3) is 0 Å². The van der Waals surface area contributed by atoms with Crippen LogP contribution in [-0.4, -0.2) is 47.9 Å². The van der Waals surface area contributed by atoms with Gasteiger partial charge >= 0.3 is 6.01 Å². The van der Waals surface area contributed by atoms with Crippen molar-refractivity contribution in [2.75, 3.05) is 32.1 Å². The maximum absolute atomic E-state index is 9.04. The molecule has 7 heteroatoms. The number of nitrogens with zero attached hydrogens (tertiary/aromatic N) is 2. The molecule has 0 radical (unpaired) electrons. The minimum atomic E-state index is -0.349. The summed E-state index contributed by atoms with van der Waals surface area (Å²) in [7, 11) is 1.50. The lowest BCUT2D eigenvalue weighted by Gasteiger charge is -2.09. The standard InChI is InChI=1S/C10H17ClN4O2/c1-7(16)5-12-3-4-13-9-8(11)6-14-10(15-9)17-2/h6-7,12,16H,3-5H2,1-2H3,(H,13,14,15). The molecule has 0 fully saturated rings. The molecule has 96 valence electrons. The summed E-state index contributed by atoms with van der Waals surface area (Å²) in [6.07, 6.45) is 1.14. The zero-order valence-corrected chi connectivity index (χ0v) is 10.7. The summed E-state index contributed by atoms with van der Waals surface area (Å²) < 4.78 is 4.90. The summed E-state index contributed by atoms with van der Waals surface area (Å²) in [5, 5.41) is 15.6. The van der Waals surface area contributed by atoms with Gasteiger partial charge in [-0.3, -0.25) is 0 Å². The van der Waals surface area contributed by atoms with Crippen molar-refractivity contribution in [3.05, 3.63) is 11.2 Å². The number of rotatable bonds is 7. The summed E-state index contributed by atoms with van der Waals surface area (Å²) >= 11 is 5.91. The summed E-state index contributed by atoms with van der Waals surface area (Å²) in [4.78, 5) is 7.94. The molecule has 0 saturated carbocycles. The number of aliphatic hydroxyl groups is 1. The summed E-state index contributed by atoms with van der Waals surface area (Å²) in [5.41, 5.74) is 0. The van der Waals surface area contributed by atoms with Gasteiger partial charge in [0.05, 0.1) is 19.4 Å². The Morgan fingerprint density at radius 3 is 2.94 bits per heavy atom. The Bertz CT molecular complexity index is 349.